The van der Waals surface area contributed by atoms with Crippen LogP contribution in [0.15, 0.2) is 35.4 Å². The van der Waals surface area contributed by atoms with Crippen LogP contribution in [0.25, 0.3) is 0 Å². The van der Waals surface area contributed by atoms with Crippen molar-refractivity contribution in [3.05, 3.63) is 47.0 Å². The van der Waals surface area contributed by atoms with Gasteiger partial charge in [0, 0.05) is 5.56 Å². The summed E-state index contributed by atoms with van der Waals surface area (Å²) in [7, 11) is 4.60. The standard InChI is InChI=1S/C20H24N2O5/c1-13-6-7-16(8-14(13)2)27-12-19(23)22-21-11-15-9-17(24-3)20(26-5)18(10-15)25-4/h6-11H,12H2,1-5H3,(H,22,23)/b21-11-. The van der Waals surface area contributed by atoms with Gasteiger partial charge in [0.2, 0.25) is 5.75 Å². The molecule has 0 fully saturated rings. The normalized spacial score (nSPS) is 10.6. The van der Waals surface area contributed by atoms with E-state index in [9.17, 15) is 4.79 Å². The summed E-state index contributed by atoms with van der Waals surface area (Å²) in [4.78, 5) is 11.9. The Morgan fingerprint density at radius 3 is 2.22 bits per heavy atom. The van der Waals surface area contributed by atoms with Gasteiger partial charge in [-0.25, -0.2) is 5.43 Å². The summed E-state index contributed by atoms with van der Waals surface area (Å²) < 4.78 is 21.3. The van der Waals surface area contributed by atoms with E-state index >= 15 is 0 Å². The Balaban J connectivity index is 1.96. The molecule has 0 aliphatic carbocycles. The number of hydrogen-bond acceptors (Lipinski definition) is 6. The molecule has 0 saturated heterocycles. The first-order valence-corrected chi connectivity index (χ1v) is 8.30. The van der Waals surface area contributed by atoms with Crippen molar-refractivity contribution in [2.24, 2.45) is 5.10 Å². The maximum atomic E-state index is 11.9. The molecule has 0 saturated carbocycles. The minimum atomic E-state index is -0.364. The van der Waals surface area contributed by atoms with E-state index in [1.54, 1.807) is 12.1 Å². The third kappa shape index (κ3) is 5.37. The summed E-state index contributed by atoms with van der Waals surface area (Å²) in [6.45, 7) is 3.88. The Morgan fingerprint density at radius 1 is 1.00 bits per heavy atom. The van der Waals surface area contributed by atoms with Crippen molar-refractivity contribution in [1.82, 2.24) is 5.43 Å². The average molecular weight is 372 g/mol. The van der Waals surface area contributed by atoms with Gasteiger partial charge in [-0.3, -0.25) is 4.79 Å². The van der Waals surface area contributed by atoms with E-state index in [1.807, 2.05) is 32.0 Å². The lowest BCUT2D eigenvalue weighted by atomic mass is 10.1. The summed E-state index contributed by atoms with van der Waals surface area (Å²) in [6, 6.07) is 9.12. The fourth-order valence-electron chi connectivity index (χ4n) is 2.34. The molecule has 2 rings (SSSR count). The molecule has 7 heteroatoms. The molecule has 0 unspecified atom stereocenters. The topological polar surface area (TPSA) is 78.4 Å². The zero-order chi connectivity index (χ0) is 19.8. The molecule has 2 aromatic rings. The minimum Gasteiger partial charge on any atom is -0.493 e. The Bertz CT molecular complexity index is 808. The van der Waals surface area contributed by atoms with E-state index in [0.29, 0.717) is 28.6 Å². The van der Waals surface area contributed by atoms with Crippen molar-refractivity contribution < 1.29 is 23.7 Å². The maximum absolute atomic E-state index is 11.9. The zero-order valence-corrected chi connectivity index (χ0v) is 16.2. The zero-order valence-electron chi connectivity index (χ0n) is 16.2. The highest BCUT2D eigenvalue weighted by atomic mass is 16.5. The number of hydrogen-bond donors (Lipinski definition) is 1. The summed E-state index contributed by atoms with van der Waals surface area (Å²) in [5, 5.41) is 3.94. The van der Waals surface area contributed by atoms with Crippen LogP contribution in [0.1, 0.15) is 16.7 Å². The number of carbonyl (C=O) groups is 1. The molecule has 1 N–H and O–H groups in total. The number of amides is 1. The monoisotopic (exact) mass is 372 g/mol. The highest BCUT2D eigenvalue weighted by Crippen LogP contribution is 2.37. The lowest BCUT2D eigenvalue weighted by Crippen LogP contribution is -2.24. The van der Waals surface area contributed by atoms with E-state index in [1.165, 1.54) is 33.1 Å². The molecule has 0 radical (unpaired) electrons. The first-order chi connectivity index (χ1) is 13.0. The molecule has 0 aliphatic rings. The number of carbonyl (C=O) groups excluding carboxylic acids is 1. The first kappa shape index (κ1) is 20.1. The SMILES string of the molecule is COc1cc(/C=N\NC(=O)COc2ccc(C)c(C)c2)cc(OC)c1OC. The minimum absolute atomic E-state index is 0.130. The van der Waals surface area contributed by atoms with E-state index in [-0.39, 0.29) is 12.5 Å². The lowest BCUT2D eigenvalue weighted by Gasteiger charge is -2.12. The van der Waals surface area contributed by atoms with Crippen LogP contribution in [0.5, 0.6) is 23.0 Å². The predicted molar refractivity (Wildman–Crippen MR) is 103 cm³/mol. The fourth-order valence-corrected chi connectivity index (χ4v) is 2.34. The second-order valence-corrected chi connectivity index (χ2v) is 5.79. The summed E-state index contributed by atoms with van der Waals surface area (Å²) in [5.41, 5.74) is 5.38. The molecule has 2 aromatic carbocycles. The molecule has 0 aromatic heterocycles. The van der Waals surface area contributed by atoms with Gasteiger partial charge in [0.15, 0.2) is 18.1 Å². The van der Waals surface area contributed by atoms with Crippen LogP contribution in [-0.4, -0.2) is 40.1 Å². The average Bonchev–Trinajstić information content (AvgIpc) is 2.68. The van der Waals surface area contributed by atoms with Gasteiger partial charge in [0.25, 0.3) is 5.91 Å². The van der Waals surface area contributed by atoms with Gasteiger partial charge in [-0.2, -0.15) is 5.10 Å². The van der Waals surface area contributed by atoms with Gasteiger partial charge in [-0.1, -0.05) is 6.07 Å². The van der Waals surface area contributed by atoms with Crippen LogP contribution in [0, 0.1) is 13.8 Å². The number of benzene rings is 2. The lowest BCUT2D eigenvalue weighted by molar-refractivity contribution is -0.123. The Labute approximate surface area is 158 Å². The van der Waals surface area contributed by atoms with Gasteiger partial charge < -0.3 is 18.9 Å². The number of aryl methyl sites for hydroxylation is 2. The quantitative estimate of drug-likeness (QED) is 0.569. The summed E-state index contributed by atoms with van der Waals surface area (Å²) >= 11 is 0. The van der Waals surface area contributed by atoms with Gasteiger partial charge in [-0.15, -0.1) is 0 Å². The smallest absolute Gasteiger partial charge is 0.277 e. The molecule has 0 bridgehead atoms. The van der Waals surface area contributed by atoms with Crippen LogP contribution in [0.2, 0.25) is 0 Å². The van der Waals surface area contributed by atoms with Crippen molar-refractivity contribution in [1.29, 1.82) is 0 Å². The fraction of sp³-hybridized carbons (Fsp3) is 0.300. The number of nitrogens with one attached hydrogen (secondary N) is 1. The number of ether oxygens (including phenoxy) is 4. The third-order valence-corrected chi connectivity index (χ3v) is 3.94. The van der Waals surface area contributed by atoms with E-state index in [2.05, 4.69) is 10.5 Å². The van der Waals surface area contributed by atoms with Crippen LogP contribution in [0.3, 0.4) is 0 Å². The van der Waals surface area contributed by atoms with Gasteiger partial charge in [-0.05, 0) is 49.2 Å². The first-order valence-electron chi connectivity index (χ1n) is 8.30. The predicted octanol–water partition coefficient (Wildman–Crippen LogP) is 2.86. The van der Waals surface area contributed by atoms with Crippen LogP contribution >= 0.6 is 0 Å². The largest absolute Gasteiger partial charge is 0.493 e. The Kier molecular flexibility index (Phi) is 7.05. The molecule has 1 amide bonds. The molecular formula is C20H24N2O5. The summed E-state index contributed by atoms with van der Waals surface area (Å²) in [6.07, 6.45) is 1.48. The number of rotatable bonds is 8. The van der Waals surface area contributed by atoms with Gasteiger partial charge in [0.1, 0.15) is 5.75 Å². The molecule has 0 heterocycles. The molecule has 0 aliphatic heterocycles. The molecule has 7 nitrogen and oxygen atoms in total. The number of nitrogens with zero attached hydrogens (tertiary/aromatic N) is 1. The van der Waals surface area contributed by atoms with Gasteiger partial charge in [0.05, 0.1) is 27.5 Å². The Morgan fingerprint density at radius 2 is 1.67 bits per heavy atom. The van der Waals surface area contributed by atoms with E-state index < -0.39 is 0 Å². The highest BCUT2D eigenvalue weighted by molar-refractivity contribution is 5.84. The van der Waals surface area contributed by atoms with Crippen molar-refractivity contribution in [2.75, 3.05) is 27.9 Å². The van der Waals surface area contributed by atoms with Crippen molar-refractivity contribution in [3.8, 4) is 23.0 Å². The number of methoxy groups -OCH3 is 3. The molecule has 27 heavy (non-hydrogen) atoms. The van der Waals surface area contributed by atoms with Crippen molar-refractivity contribution in [3.63, 3.8) is 0 Å². The van der Waals surface area contributed by atoms with Crippen molar-refractivity contribution in [2.45, 2.75) is 13.8 Å². The molecule has 144 valence electrons. The van der Waals surface area contributed by atoms with Crippen molar-refractivity contribution >= 4 is 12.1 Å². The Hall–Kier alpha value is -3.22. The second-order valence-electron chi connectivity index (χ2n) is 5.79. The van der Waals surface area contributed by atoms with Crippen LogP contribution in [0.4, 0.5) is 0 Å². The third-order valence-electron chi connectivity index (χ3n) is 3.94. The van der Waals surface area contributed by atoms with E-state index in [4.69, 9.17) is 18.9 Å². The molecular weight excluding hydrogens is 348 g/mol. The van der Waals surface area contributed by atoms with Gasteiger partial charge >= 0.3 is 0 Å². The van der Waals surface area contributed by atoms with E-state index in [0.717, 1.165) is 5.56 Å². The summed E-state index contributed by atoms with van der Waals surface area (Å²) in [5.74, 6) is 1.77. The number of hydrazone groups is 1. The van der Waals surface area contributed by atoms with Crippen LogP contribution in [-0.2, 0) is 4.79 Å². The molecule has 0 spiro atoms. The second kappa shape index (κ2) is 9.47. The van der Waals surface area contributed by atoms with Crippen LogP contribution < -0.4 is 24.4 Å². The molecule has 0 atom stereocenters. The maximum Gasteiger partial charge on any atom is 0.277 e. The highest BCUT2D eigenvalue weighted by Gasteiger charge is 2.12.